The summed E-state index contributed by atoms with van der Waals surface area (Å²) in [7, 11) is 1.57. The van der Waals surface area contributed by atoms with Crippen molar-refractivity contribution in [2.75, 3.05) is 7.11 Å². The standard InChI is InChI=1S/C15H21NO3/c1-11(18-5)13-9-7-6-8-12(13)10-16-14(17)19-15(2,3)4/h6-9H,1,10H2,2-5H3,(H,16,17). The van der Waals surface area contributed by atoms with E-state index in [1.807, 2.05) is 45.0 Å². The molecule has 4 nitrogen and oxygen atoms in total. The van der Waals surface area contributed by atoms with Crippen LogP contribution in [0.25, 0.3) is 5.76 Å². The number of rotatable bonds is 4. The molecule has 0 aliphatic carbocycles. The number of benzene rings is 1. The van der Waals surface area contributed by atoms with Crippen molar-refractivity contribution in [3.8, 4) is 0 Å². The Kier molecular flexibility index (Phi) is 4.98. The maximum atomic E-state index is 11.6. The van der Waals surface area contributed by atoms with E-state index in [0.717, 1.165) is 11.1 Å². The van der Waals surface area contributed by atoms with Crippen LogP contribution in [0, 0.1) is 0 Å². The first-order valence-corrected chi connectivity index (χ1v) is 6.11. The topological polar surface area (TPSA) is 47.6 Å². The highest BCUT2D eigenvalue weighted by atomic mass is 16.6. The van der Waals surface area contributed by atoms with Crippen LogP contribution in [0.15, 0.2) is 30.8 Å². The fourth-order valence-electron chi connectivity index (χ4n) is 1.54. The van der Waals surface area contributed by atoms with E-state index in [0.29, 0.717) is 12.3 Å². The van der Waals surface area contributed by atoms with Crippen molar-refractivity contribution in [1.82, 2.24) is 5.32 Å². The largest absolute Gasteiger partial charge is 0.497 e. The molecule has 0 atom stereocenters. The highest BCUT2D eigenvalue weighted by Gasteiger charge is 2.16. The molecule has 4 heteroatoms. The maximum Gasteiger partial charge on any atom is 0.407 e. The molecule has 0 saturated heterocycles. The molecule has 1 amide bonds. The van der Waals surface area contributed by atoms with Crippen molar-refractivity contribution >= 4 is 11.9 Å². The van der Waals surface area contributed by atoms with Gasteiger partial charge in [-0.05, 0) is 26.3 Å². The Morgan fingerprint density at radius 3 is 2.53 bits per heavy atom. The Morgan fingerprint density at radius 2 is 1.95 bits per heavy atom. The minimum Gasteiger partial charge on any atom is -0.497 e. The van der Waals surface area contributed by atoms with Crippen LogP contribution >= 0.6 is 0 Å². The number of hydrogen-bond donors (Lipinski definition) is 1. The van der Waals surface area contributed by atoms with Crippen LogP contribution in [0.3, 0.4) is 0 Å². The molecule has 0 spiro atoms. The number of alkyl carbamates (subject to hydrolysis) is 1. The lowest BCUT2D eigenvalue weighted by molar-refractivity contribution is 0.0523. The third-order valence-corrected chi connectivity index (χ3v) is 2.39. The Labute approximate surface area is 114 Å². The second kappa shape index (κ2) is 6.27. The summed E-state index contributed by atoms with van der Waals surface area (Å²) in [5.41, 5.74) is 1.31. The van der Waals surface area contributed by atoms with Gasteiger partial charge in [-0.15, -0.1) is 0 Å². The van der Waals surface area contributed by atoms with E-state index in [1.165, 1.54) is 0 Å². The molecular formula is C15H21NO3. The number of ether oxygens (including phenoxy) is 2. The van der Waals surface area contributed by atoms with Crippen LogP contribution < -0.4 is 5.32 Å². The molecule has 104 valence electrons. The van der Waals surface area contributed by atoms with Crippen molar-refractivity contribution in [2.24, 2.45) is 0 Å². The van der Waals surface area contributed by atoms with Gasteiger partial charge in [0, 0.05) is 12.1 Å². The monoisotopic (exact) mass is 263 g/mol. The van der Waals surface area contributed by atoms with Crippen LogP contribution in [0.1, 0.15) is 31.9 Å². The van der Waals surface area contributed by atoms with Crippen molar-refractivity contribution in [3.63, 3.8) is 0 Å². The summed E-state index contributed by atoms with van der Waals surface area (Å²) in [6, 6.07) is 7.61. The van der Waals surface area contributed by atoms with Gasteiger partial charge in [-0.2, -0.15) is 0 Å². The molecule has 0 heterocycles. The van der Waals surface area contributed by atoms with E-state index in [1.54, 1.807) is 7.11 Å². The first-order valence-electron chi connectivity index (χ1n) is 6.11. The Bertz CT molecular complexity index is 461. The normalized spacial score (nSPS) is 10.7. The van der Waals surface area contributed by atoms with Crippen LogP contribution in [0.5, 0.6) is 0 Å². The van der Waals surface area contributed by atoms with Gasteiger partial charge in [0.2, 0.25) is 0 Å². The molecule has 19 heavy (non-hydrogen) atoms. The predicted octanol–water partition coefficient (Wildman–Crippen LogP) is 3.33. The quantitative estimate of drug-likeness (QED) is 0.848. The summed E-state index contributed by atoms with van der Waals surface area (Å²) in [5, 5.41) is 2.72. The number of methoxy groups -OCH3 is 1. The van der Waals surface area contributed by atoms with Crippen LogP contribution in [-0.4, -0.2) is 18.8 Å². The number of carbonyl (C=O) groups is 1. The van der Waals surface area contributed by atoms with Gasteiger partial charge in [-0.1, -0.05) is 30.8 Å². The van der Waals surface area contributed by atoms with Gasteiger partial charge in [0.25, 0.3) is 0 Å². The van der Waals surface area contributed by atoms with Gasteiger partial charge in [0.15, 0.2) is 0 Å². The van der Waals surface area contributed by atoms with Crippen LogP contribution in [0.4, 0.5) is 4.79 Å². The third kappa shape index (κ3) is 5.04. The third-order valence-electron chi connectivity index (χ3n) is 2.39. The van der Waals surface area contributed by atoms with E-state index in [9.17, 15) is 4.79 Å². The van der Waals surface area contributed by atoms with E-state index in [4.69, 9.17) is 9.47 Å². The summed E-state index contributed by atoms with van der Waals surface area (Å²) in [5.74, 6) is 0.571. The minimum absolute atomic E-state index is 0.369. The van der Waals surface area contributed by atoms with Gasteiger partial charge in [-0.25, -0.2) is 4.79 Å². The van der Waals surface area contributed by atoms with Gasteiger partial charge >= 0.3 is 6.09 Å². The molecule has 0 saturated carbocycles. The van der Waals surface area contributed by atoms with Gasteiger partial charge in [0.1, 0.15) is 11.4 Å². The smallest absolute Gasteiger partial charge is 0.407 e. The van der Waals surface area contributed by atoms with E-state index in [-0.39, 0.29) is 0 Å². The zero-order valence-electron chi connectivity index (χ0n) is 11.9. The van der Waals surface area contributed by atoms with Crippen molar-refractivity contribution in [1.29, 1.82) is 0 Å². The highest BCUT2D eigenvalue weighted by molar-refractivity contribution is 5.68. The first-order chi connectivity index (χ1) is 8.83. The lowest BCUT2D eigenvalue weighted by Crippen LogP contribution is -2.32. The number of amides is 1. The zero-order chi connectivity index (χ0) is 14.5. The van der Waals surface area contributed by atoms with E-state index >= 15 is 0 Å². The Morgan fingerprint density at radius 1 is 1.32 bits per heavy atom. The molecule has 1 aromatic carbocycles. The fraction of sp³-hybridized carbons (Fsp3) is 0.400. The lowest BCUT2D eigenvalue weighted by atomic mass is 10.1. The van der Waals surface area contributed by atoms with Crippen LogP contribution in [0.2, 0.25) is 0 Å². The number of carbonyl (C=O) groups excluding carboxylic acids is 1. The summed E-state index contributed by atoms with van der Waals surface area (Å²) in [6.07, 6.45) is -0.440. The molecule has 1 N–H and O–H groups in total. The first kappa shape index (κ1) is 15.1. The van der Waals surface area contributed by atoms with Crippen molar-refractivity contribution in [3.05, 3.63) is 42.0 Å². The molecule has 1 aromatic rings. The van der Waals surface area contributed by atoms with E-state index in [2.05, 4.69) is 11.9 Å². The van der Waals surface area contributed by atoms with Crippen molar-refractivity contribution in [2.45, 2.75) is 32.9 Å². The Hall–Kier alpha value is -1.97. The summed E-state index contributed by atoms with van der Waals surface area (Å²) < 4.78 is 10.3. The summed E-state index contributed by atoms with van der Waals surface area (Å²) in [6.45, 7) is 9.67. The average molecular weight is 263 g/mol. The highest BCUT2D eigenvalue weighted by Crippen LogP contribution is 2.18. The van der Waals surface area contributed by atoms with Gasteiger partial charge in [-0.3, -0.25) is 0 Å². The average Bonchev–Trinajstić information content (AvgIpc) is 2.33. The maximum absolute atomic E-state index is 11.6. The molecule has 0 bridgehead atoms. The minimum atomic E-state index is -0.500. The fourth-order valence-corrected chi connectivity index (χ4v) is 1.54. The zero-order valence-corrected chi connectivity index (χ0v) is 11.9. The molecule has 0 unspecified atom stereocenters. The molecule has 0 aromatic heterocycles. The van der Waals surface area contributed by atoms with Gasteiger partial charge < -0.3 is 14.8 Å². The molecule has 0 fully saturated rings. The van der Waals surface area contributed by atoms with Gasteiger partial charge in [0.05, 0.1) is 7.11 Å². The molecule has 0 aliphatic heterocycles. The molecule has 0 aliphatic rings. The second-order valence-electron chi connectivity index (χ2n) is 5.14. The molecular weight excluding hydrogens is 242 g/mol. The molecule has 0 radical (unpaired) electrons. The molecule has 1 rings (SSSR count). The second-order valence-corrected chi connectivity index (χ2v) is 5.14. The summed E-state index contributed by atoms with van der Waals surface area (Å²) >= 11 is 0. The number of nitrogens with one attached hydrogen (secondary N) is 1. The predicted molar refractivity (Wildman–Crippen MR) is 75.6 cm³/mol. The number of hydrogen-bond acceptors (Lipinski definition) is 3. The lowest BCUT2D eigenvalue weighted by Gasteiger charge is -2.20. The van der Waals surface area contributed by atoms with Crippen molar-refractivity contribution < 1.29 is 14.3 Å². The SMILES string of the molecule is C=C(OC)c1ccccc1CNC(=O)OC(C)(C)C. The van der Waals surface area contributed by atoms with Crippen LogP contribution in [-0.2, 0) is 16.0 Å². The Balaban J connectivity index is 2.68. The summed E-state index contributed by atoms with van der Waals surface area (Å²) in [4.78, 5) is 11.6. The van der Waals surface area contributed by atoms with E-state index < -0.39 is 11.7 Å².